The average Bonchev–Trinajstić information content (AvgIpc) is 2.70. The van der Waals surface area contributed by atoms with Crippen LogP contribution in [0.2, 0.25) is 0 Å². The highest BCUT2D eigenvalue weighted by molar-refractivity contribution is 5.85. The van der Waals surface area contributed by atoms with Gasteiger partial charge in [-0.15, -0.1) is 0 Å². The van der Waals surface area contributed by atoms with Crippen molar-refractivity contribution in [3.63, 3.8) is 0 Å². The second-order valence-corrected chi connectivity index (χ2v) is 3.39. The molecular weight excluding hydrogens is 208 g/mol. The Morgan fingerprint density at radius 1 is 1.38 bits per heavy atom. The number of phenolic OH excluding ortho intramolecular Hbond substituents is 1. The first-order chi connectivity index (χ1) is 7.66. The Labute approximate surface area is 91.4 Å². The van der Waals surface area contributed by atoms with E-state index in [2.05, 4.69) is 10.2 Å². The van der Waals surface area contributed by atoms with Crippen LogP contribution in [-0.4, -0.2) is 26.4 Å². The minimum Gasteiger partial charge on any atom is -0.508 e. The zero-order valence-corrected chi connectivity index (χ0v) is 8.34. The predicted octanol–water partition coefficient (Wildman–Crippen LogP) is 1.40. The van der Waals surface area contributed by atoms with Crippen LogP contribution in [0.15, 0.2) is 30.3 Å². The molecule has 82 valence electrons. The summed E-state index contributed by atoms with van der Waals surface area (Å²) in [7, 11) is 0. The van der Waals surface area contributed by atoms with Gasteiger partial charge >= 0.3 is 5.97 Å². The highest BCUT2D eigenvalue weighted by Gasteiger charge is 2.09. The van der Waals surface area contributed by atoms with Crippen LogP contribution in [-0.2, 0) is 6.42 Å². The number of H-pyrrole nitrogens is 1. The Bertz CT molecular complexity index is 519. The molecule has 0 spiro atoms. The Morgan fingerprint density at radius 2 is 2.12 bits per heavy atom. The van der Waals surface area contributed by atoms with Crippen molar-refractivity contribution in [3.8, 4) is 5.75 Å². The Kier molecular flexibility index (Phi) is 2.59. The van der Waals surface area contributed by atoms with Gasteiger partial charge in [0.15, 0.2) is 5.69 Å². The van der Waals surface area contributed by atoms with Gasteiger partial charge in [0, 0.05) is 12.1 Å². The lowest BCUT2D eigenvalue weighted by atomic mass is 10.1. The predicted molar refractivity (Wildman–Crippen MR) is 56.5 cm³/mol. The molecule has 0 aliphatic rings. The Hall–Kier alpha value is -2.30. The number of carboxylic acid groups (broad SMARTS) is 1. The van der Waals surface area contributed by atoms with Crippen molar-refractivity contribution in [2.75, 3.05) is 0 Å². The summed E-state index contributed by atoms with van der Waals surface area (Å²) in [6.07, 6.45) is 0.424. The van der Waals surface area contributed by atoms with Crippen molar-refractivity contribution in [2.45, 2.75) is 6.42 Å². The number of phenols is 1. The first-order valence-electron chi connectivity index (χ1n) is 4.71. The summed E-state index contributed by atoms with van der Waals surface area (Å²) in [4.78, 5) is 10.6. The normalized spacial score (nSPS) is 10.2. The second kappa shape index (κ2) is 4.06. The molecule has 0 atom stereocenters. The van der Waals surface area contributed by atoms with Crippen molar-refractivity contribution >= 4 is 5.97 Å². The van der Waals surface area contributed by atoms with Gasteiger partial charge in [0.05, 0.1) is 0 Å². The number of nitrogens with zero attached hydrogens (tertiary/aromatic N) is 1. The van der Waals surface area contributed by atoms with Crippen LogP contribution in [0.3, 0.4) is 0 Å². The van der Waals surface area contributed by atoms with Crippen LogP contribution in [0.25, 0.3) is 0 Å². The number of hydrogen-bond acceptors (Lipinski definition) is 3. The molecule has 1 aromatic heterocycles. The van der Waals surface area contributed by atoms with Gasteiger partial charge < -0.3 is 10.2 Å². The molecule has 1 heterocycles. The number of aromatic carboxylic acids is 1. The molecule has 0 aliphatic heterocycles. The summed E-state index contributed by atoms with van der Waals surface area (Å²) in [6.45, 7) is 0. The zero-order chi connectivity index (χ0) is 11.5. The quantitative estimate of drug-likeness (QED) is 0.726. The summed E-state index contributed by atoms with van der Waals surface area (Å²) in [6, 6.07) is 8.35. The fourth-order valence-corrected chi connectivity index (χ4v) is 1.43. The van der Waals surface area contributed by atoms with Crippen LogP contribution in [0.5, 0.6) is 5.75 Å². The van der Waals surface area contributed by atoms with Crippen molar-refractivity contribution in [1.82, 2.24) is 10.2 Å². The number of hydrogen-bond donors (Lipinski definition) is 3. The number of aromatic hydroxyl groups is 1. The maximum Gasteiger partial charge on any atom is 0.356 e. The first kappa shape index (κ1) is 10.2. The molecule has 0 bridgehead atoms. The molecule has 0 radical (unpaired) electrons. The van der Waals surface area contributed by atoms with Crippen LogP contribution >= 0.6 is 0 Å². The lowest BCUT2D eigenvalue weighted by Gasteiger charge is -2.00. The second-order valence-electron chi connectivity index (χ2n) is 3.39. The number of carbonyl (C=O) groups is 1. The largest absolute Gasteiger partial charge is 0.508 e. The standard InChI is InChI=1S/C11H10N2O3/c14-10-4-2-1-3-7(10)5-8-6-9(11(15)16)13-12-8/h1-4,6,14H,5H2,(H,12,13)(H,15,16). The lowest BCUT2D eigenvalue weighted by Crippen LogP contribution is -1.95. The van der Waals surface area contributed by atoms with E-state index in [1.54, 1.807) is 18.2 Å². The molecule has 0 amide bonds. The van der Waals surface area contributed by atoms with Gasteiger partial charge in [0.1, 0.15) is 5.75 Å². The number of nitrogens with one attached hydrogen (secondary N) is 1. The van der Waals surface area contributed by atoms with Crippen molar-refractivity contribution < 1.29 is 15.0 Å². The number of para-hydroxylation sites is 1. The summed E-state index contributed by atoms with van der Waals surface area (Å²) in [5.74, 6) is -0.881. The summed E-state index contributed by atoms with van der Waals surface area (Å²) < 4.78 is 0. The number of aromatic amines is 1. The molecule has 2 rings (SSSR count). The van der Waals surface area contributed by atoms with E-state index >= 15 is 0 Å². The minimum atomic E-state index is -1.07. The molecule has 0 aliphatic carbocycles. The van der Waals surface area contributed by atoms with Gasteiger partial charge in [-0.25, -0.2) is 4.79 Å². The minimum absolute atomic E-state index is 0.0228. The van der Waals surface area contributed by atoms with Crippen molar-refractivity contribution in [3.05, 3.63) is 47.3 Å². The van der Waals surface area contributed by atoms with Crippen LogP contribution in [0, 0.1) is 0 Å². The fraction of sp³-hybridized carbons (Fsp3) is 0.0909. The number of carboxylic acids is 1. The molecule has 5 nitrogen and oxygen atoms in total. The number of rotatable bonds is 3. The number of aromatic nitrogens is 2. The van der Waals surface area contributed by atoms with E-state index < -0.39 is 5.97 Å². The molecule has 1 aromatic carbocycles. The van der Waals surface area contributed by atoms with E-state index in [0.29, 0.717) is 12.1 Å². The molecule has 2 aromatic rings. The molecule has 0 unspecified atom stereocenters. The maximum atomic E-state index is 10.6. The third-order valence-electron chi connectivity index (χ3n) is 2.22. The van der Waals surface area contributed by atoms with E-state index in [1.807, 2.05) is 6.07 Å². The third kappa shape index (κ3) is 2.03. The fourth-order valence-electron chi connectivity index (χ4n) is 1.43. The van der Waals surface area contributed by atoms with Gasteiger partial charge in [-0.3, -0.25) is 5.10 Å². The average molecular weight is 218 g/mol. The Morgan fingerprint density at radius 3 is 2.75 bits per heavy atom. The van der Waals surface area contributed by atoms with E-state index in [-0.39, 0.29) is 11.4 Å². The zero-order valence-electron chi connectivity index (χ0n) is 8.34. The summed E-state index contributed by atoms with van der Waals surface area (Å²) in [5, 5.41) is 24.5. The van der Waals surface area contributed by atoms with Crippen LogP contribution in [0.4, 0.5) is 0 Å². The third-order valence-corrected chi connectivity index (χ3v) is 2.22. The highest BCUT2D eigenvalue weighted by atomic mass is 16.4. The number of benzene rings is 1. The monoisotopic (exact) mass is 218 g/mol. The van der Waals surface area contributed by atoms with Crippen LogP contribution < -0.4 is 0 Å². The molecule has 3 N–H and O–H groups in total. The molecule has 5 heteroatoms. The molecule has 0 fully saturated rings. The van der Waals surface area contributed by atoms with Crippen molar-refractivity contribution in [2.24, 2.45) is 0 Å². The van der Waals surface area contributed by atoms with E-state index in [0.717, 1.165) is 5.56 Å². The first-order valence-corrected chi connectivity index (χ1v) is 4.71. The smallest absolute Gasteiger partial charge is 0.356 e. The van der Waals surface area contributed by atoms with E-state index in [9.17, 15) is 9.90 Å². The highest BCUT2D eigenvalue weighted by Crippen LogP contribution is 2.18. The Balaban J connectivity index is 2.21. The lowest BCUT2D eigenvalue weighted by molar-refractivity contribution is 0.0690. The van der Waals surface area contributed by atoms with Gasteiger partial charge in [-0.2, -0.15) is 5.10 Å². The molecule has 16 heavy (non-hydrogen) atoms. The van der Waals surface area contributed by atoms with Crippen molar-refractivity contribution in [1.29, 1.82) is 0 Å². The SMILES string of the molecule is O=C(O)c1cc(Cc2ccccc2O)[nH]n1. The molecular formula is C11H10N2O3. The topological polar surface area (TPSA) is 86.2 Å². The summed E-state index contributed by atoms with van der Waals surface area (Å²) in [5.41, 5.74) is 1.35. The van der Waals surface area contributed by atoms with Crippen LogP contribution in [0.1, 0.15) is 21.7 Å². The van der Waals surface area contributed by atoms with Gasteiger partial charge in [0.25, 0.3) is 0 Å². The summed E-state index contributed by atoms with van der Waals surface area (Å²) >= 11 is 0. The molecule has 0 saturated carbocycles. The van der Waals surface area contributed by atoms with Gasteiger partial charge in [-0.05, 0) is 17.7 Å². The van der Waals surface area contributed by atoms with Gasteiger partial charge in [-0.1, -0.05) is 18.2 Å². The van der Waals surface area contributed by atoms with E-state index in [1.165, 1.54) is 6.07 Å². The van der Waals surface area contributed by atoms with Gasteiger partial charge in [0.2, 0.25) is 0 Å². The van der Waals surface area contributed by atoms with E-state index in [4.69, 9.17) is 5.11 Å². The molecule has 0 saturated heterocycles. The maximum absolute atomic E-state index is 10.6.